The molecule has 4 rings (SSSR count). The average molecular weight is 470 g/mol. The summed E-state index contributed by atoms with van der Waals surface area (Å²) in [5.41, 5.74) is 2.92. The van der Waals surface area contributed by atoms with Gasteiger partial charge in [-0.1, -0.05) is 23.7 Å². The SMILES string of the molecule is CC(C)NC(=O)Cn1c(-c2cccc(Cl)c2)cc2cc(OCCCN3CCOCC3)ccc21. The lowest BCUT2D eigenvalue weighted by atomic mass is 10.1. The van der Waals surface area contributed by atoms with Crippen molar-refractivity contribution < 1.29 is 14.3 Å². The monoisotopic (exact) mass is 469 g/mol. The van der Waals surface area contributed by atoms with Gasteiger partial charge in [-0.25, -0.2) is 0 Å². The van der Waals surface area contributed by atoms with E-state index in [9.17, 15) is 4.79 Å². The van der Waals surface area contributed by atoms with E-state index in [1.165, 1.54) is 0 Å². The highest BCUT2D eigenvalue weighted by Gasteiger charge is 2.15. The predicted octanol–water partition coefficient (Wildman–Crippen LogP) is 4.59. The summed E-state index contributed by atoms with van der Waals surface area (Å²) in [6.07, 6.45) is 0.974. The van der Waals surface area contributed by atoms with Crippen LogP contribution in [0.1, 0.15) is 20.3 Å². The average Bonchev–Trinajstić information content (AvgIpc) is 3.14. The third-order valence-corrected chi connectivity index (χ3v) is 5.97. The first-order valence-corrected chi connectivity index (χ1v) is 12.0. The Kier molecular flexibility index (Phi) is 7.91. The Hall–Kier alpha value is -2.54. The fraction of sp³-hybridized carbons (Fsp3) is 0.423. The van der Waals surface area contributed by atoms with Crippen LogP contribution in [0.5, 0.6) is 5.75 Å². The van der Waals surface area contributed by atoms with Crippen molar-refractivity contribution in [3.05, 3.63) is 53.6 Å². The van der Waals surface area contributed by atoms with Crippen LogP contribution in [0.25, 0.3) is 22.2 Å². The van der Waals surface area contributed by atoms with Gasteiger partial charge in [-0.05, 0) is 62.2 Å². The molecule has 0 spiro atoms. The number of nitrogens with zero attached hydrogens (tertiary/aromatic N) is 2. The number of hydrogen-bond acceptors (Lipinski definition) is 4. The number of rotatable bonds is 9. The summed E-state index contributed by atoms with van der Waals surface area (Å²) in [6.45, 7) is 9.48. The lowest BCUT2D eigenvalue weighted by molar-refractivity contribution is -0.122. The third kappa shape index (κ3) is 6.28. The summed E-state index contributed by atoms with van der Waals surface area (Å²) in [5, 5.41) is 4.69. The number of hydrogen-bond donors (Lipinski definition) is 1. The smallest absolute Gasteiger partial charge is 0.240 e. The highest BCUT2D eigenvalue weighted by molar-refractivity contribution is 6.30. The number of carbonyl (C=O) groups excluding carboxylic acids is 1. The van der Waals surface area contributed by atoms with Crippen molar-refractivity contribution in [2.75, 3.05) is 39.5 Å². The van der Waals surface area contributed by atoms with Crippen molar-refractivity contribution in [1.82, 2.24) is 14.8 Å². The molecule has 6 nitrogen and oxygen atoms in total. The van der Waals surface area contributed by atoms with Gasteiger partial charge in [-0.2, -0.15) is 0 Å². The van der Waals surface area contributed by atoms with Crippen molar-refractivity contribution in [2.24, 2.45) is 0 Å². The maximum atomic E-state index is 12.6. The minimum Gasteiger partial charge on any atom is -0.494 e. The maximum Gasteiger partial charge on any atom is 0.240 e. The molecule has 7 heteroatoms. The van der Waals surface area contributed by atoms with E-state index < -0.39 is 0 Å². The first-order valence-electron chi connectivity index (χ1n) is 11.6. The second kappa shape index (κ2) is 11.1. The van der Waals surface area contributed by atoms with Crippen molar-refractivity contribution in [3.63, 3.8) is 0 Å². The molecule has 3 aromatic rings. The Balaban J connectivity index is 1.52. The second-order valence-electron chi connectivity index (χ2n) is 8.72. The van der Waals surface area contributed by atoms with Gasteiger partial charge in [-0.15, -0.1) is 0 Å². The first kappa shape index (κ1) is 23.6. The Labute approximate surface area is 200 Å². The number of amides is 1. The van der Waals surface area contributed by atoms with Crippen LogP contribution < -0.4 is 10.1 Å². The van der Waals surface area contributed by atoms with Crippen molar-refractivity contribution in [1.29, 1.82) is 0 Å². The highest BCUT2D eigenvalue weighted by Crippen LogP contribution is 2.32. The van der Waals surface area contributed by atoms with E-state index in [4.69, 9.17) is 21.1 Å². The van der Waals surface area contributed by atoms with Crippen LogP contribution in [0.3, 0.4) is 0 Å². The molecule has 1 aromatic heterocycles. The van der Waals surface area contributed by atoms with Gasteiger partial charge >= 0.3 is 0 Å². The largest absolute Gasteiger partial charge is 0.494 e. The van der Waals surface area contributed by atoms with Crippen LogP contribution in [-0.4, -0.2) is 60.9 Å². The molecule has 0 saturated carbocycles. The molecule has 0 unspecified atom stereocenters. The number of carbonyl (C=O) groups is 1. The van der Waals surface area contributed by atoms with E-state index in [0.717, 1.165) is 67.2 Å². The number of ether oxygens (including phenoxy) is 2. The molecule has 1 aliphatic heterocycles. The zero-order valence-electron chi connectivity index (χ0n) is 19.4. The van der Waals surface area contributed by atoms with Gasteiger partial charge in [0.05, 0.1) is 19.8 Å². The first-order chi connectivity index (χ1) is 16.0. The van der Waals surface area contributed by atoms with Crippen molar-refractivity contribution in [2.45, 2.75) is 32.9 Å². The Morgan fingerprint density at radius 2 is 1.97 bits per heavy atom. The molecule has 1 N–H and O–H groups in total. The van der Waals surface area contributed by atoms with Crippen LogP contribution in [-0.2, 0) is 16.1 Å². The molecule has 0 radical (unpaired) electrons. The topological polar surface area (TPSA) is 55.7 Å². The van der Waals surface area contributed by atoms with Gasteiger partial charge in [0, 0.05) is 47.3 Å². The van der Waals surface area contributed by atoms with Crippen molar-refractivity contribution in [3.8, 4) is 17.0 Å². The molecule has 176 valence electrons. The van der Waals surface area contributed by atoms with Gasteiger partial charge in [0.1, 0.15) is 12.3 Å². The quantitative estimate of drug-likeness (QED) is 0.466. The zero-order chi connectivity index (χ0) is 23.2. The number of benzene rings is 2. The fourth-order valence-corrected chi connectivity index (χ4v) is 4.40. The van der Waals surface area contributed by atoms with E-state index in [0.29, 0.717) is 11.6 Å². The number of morpholine rings is 1. The molecule has 33 heavy (non-hydrogen) atoms. The van der Waals surface area contributed by atoms with E-state index in [-0.39, 0.29) is 18.5 Å². The number of halogens is 1. The molecule has 0 aliphatic carbocycles. The lowest BCUT2D eigenvalue weighted by Gasteiger charge is -2.26. The van der Waals surface area contributed by atoms with E-state index in [1.54, 1.807) is 0 Å². The summed E-state index contributed by atoms with van der Waals surface area (Å²) in [5.74, 6) is 0.820. The van der Waals surface area contributed by atoms with Crippen molar-refractivity contribution >= 4 is 28.4 Å². The Morgan fingerprint density at radius 3 is 2.73 bits per heavy atom. The molecular formula is C26H32ClN3O3. The third-order valence-electron chi connectivity index (χ3n) is 5.74. The summed E-state index contributed by atoms with van der Waals surface area (Å²) in [6, 6.07) is 16.0. The Morgan fingerprint density at radius 1 is 1.15 bits per heavy atom. The zero-order valence-corrected chi connectivity index (χ0v) is 20.1. The molecule has 2 aromatic carbocycles. The van der Waals surface area contributed by atoms with Gasteiger partial charge in [0.25, 0.3) is 0 Å². The van der Waals surface area contributed by atoms with Gasteiger partial charge in [0.15, 0.2) is 0 Å². The fourth-order valence-electron chi connectivity index (χ4n) is 4.21. The minimum absolute atomic E-state index is 0.0192. The molecule has 0 atom stereocenters. The predicted molar refractivity (Wildman–Crippen MR) is 133 cm³/mol. The van der Waals surface area contributed by atoms with Crippen LogP contribution in [0.4, 0.5) is 0 Å². The van der Waals surface area contributed by atoms with Crippen LogP contribution in [0, 0.1) is 0 Å². The van der Waals surface area contributed by atoms with Crippen LogP contribution in [0.15, 0.2) is 48.5 Å². The molecule has 2 heterocycles. The van der Waals surface area contributed by atoms with Gasteiger partial charge in [0.2, 0.25) is 5.91 Å². The molecular weight excluding hydrogens is 438 g/mol. The summed E-state index contributed by atoms with van der Waals surface area (Å²) in [4.78, 5) is 15.0. The van der Waals surface area contributed by atoms with E-state index >= 15 is 0 Å². The summed E-state index contributed by atoms with van der Waals surface area (Å²) in [7, 11) is 0. The van der Waals surface area contributed by atoms with E-state index in [1.807, 2.05) is 54.8 Å². The van der Waals surface area contributed by atoms with Gasteiger partial charge in [-0.3, -0.25) is 9.69 Å². The molecule has 1 aliphatic rings. The number of aromatic nitrogens is 1. The maximum absolute atomic E-state index is 12.6. The summed E-state index contributed by atoms with van der Waals surface area (Å²) >= 11 is 6.25. The highest BCUT2D eigenvalue weighted by atomic mass is 35.5. The van der Waals surface area contributed by atoms with E-state index in [2.05, 4.69) is 22.3 Å². The van der Waals surface area contributed by atoms with Crippen LogP contribution in [0.2, 0.25) is 5.02 Å². The normalized spacial score (nSPS) is 14.7. The molecule has 0 bridgehead atoms. The summed E-state index contributed by atoms with van der Waals surface area (Å²) < 4.78 is 13.5. The van der Waals surface area contributed by atoms with Crippen LogP contribution >= 0.6 is 11.6 Å². The molecule has 1 fully saturated rings. The second-order valence-corrected chi connectivity index (χ2v) is 9.16. The number of nitrogens with one attached hydrogen (secondary N) is 1. The Bertz CT molecular complexity index is 1090. The molecule has 1 amide bonds. The lowest BCUT2D eigenvalue weighted by Crippen LogP contribution is -2.37. The molecule has 1 saturated heterocycles. The standard InChI is InChI=1S/C26H32ClN3O3/c1-19(2)28-26(31)18-30-24-8-7-23(33-12-4-9-29-10-13-32-14-11-29)16-21(24)17-25(30)20-5-3-6-22(27)15-20/h3,5-8,15-17,19H,4,9-14,18H2,1-2H3,(H,28,31). The minimum atomic E-state index is -0.0192. The number of fused-ring (bicyclic) bond motifs is 1. The van der Waals surface area contributed by atoms with Gasteiger partial charge < -0.3 is 19.4 Å².